The van der Waals surface area contributed by atoms with E-state index in [1.165, 1.54) is 24.1 Å². The highest BCUT2D eigenvalue weighted by Gasteiger charge is 2.20. The van der Waals surface area contributed by atoms with E-state index >= 15 is 0 Å². The fourth-order valence-corrected chi connectivity index (χ4v) is 2.93. The number of nitrogens with one attached hydrogen (secondary N) is 1. The van der Waals surface area contributed by atoms with Gasteiger partial charge in [0.1, 0.15) is 5.82 Å². The molecule has 112 valence electrons. The molecule has 0 spiro atoms. The second kappa shape index (κ2) is 7.32. The molecule has 1 aliphatic rings. The number of hydrogen-bond acceptors (Lipinski definition) is 4. The molecule has 1 unspecified atom stereocenters. The number of thioether (sulfide) groups is 1. The van der Waals surface area contributed by atoms with Gasteiger partial charge in [-0.1, -0.05) is 6.92 Å². The van der Waals surface area contributed by atoms with E-state index in [9.17, 15) is 0 Å². The molecule has 1 saturated carbocycles. The van der Waals surface area contributed by atoms with E-state index in [0.717, 1.165) is 30.6 Å². The number of rotatable bonds is 8. The van der Waals surface area contributed by atoms with E-state index in [0.29, 0.717) is 6.04 Å². The van der Waals surface area contributed by atoms with Crippen LogP contribution < -0.4 is 10.2 Å². The minimum atomic E-state index is 0.508. The molecule has 1 fully saturated rings. The molecule has 1 heterocycles. The normalized spacial score (nSPS) is 16.2. The first-order valence-electron chi connectivity index (χ1n) is 7.59. The fraction of sp³-hybridized carbons (Fsp3) is 0.688. The van der Waals surface area contributed by atoms with Crippen molar-refractivity contribution < 1.29 is 0 Å². The van der Waals surface area contributed by atoms with Gasteiger partial charge < -0.3 is 10.2 Å². The summed E-state index contributed by atoms with van der Waals surface area (Å²) < 4.78 is 0. The SMILES string of the molecule is CCc1cc(CNC2CC2)cc(N(C)C(C)CSC)n1. The Kier molecular flexibility index (Phi) is 5.73. The lowest BCUT2D eigenvalue weighted by Crippen LogP contribution is -2.32. The summed E-state index contributed by atoms with van der Waals surface area (Å²) in [6.07, 6.45) is 5.83. The number of nitrogens with zero attached hydrogens (tertiary/aromatic N) is 2. The van der Waals surface area contributed by atoms with E-state index in [4.69, 9.17) is 4.98 Å². The van der Waals surface area contributed by atoms with Crippen LogP contribution in [0.15, 0.2) is 12.1 Å². The quantitative estimate of drug-likeness (QED) is 0.797. The van der Waals surface area contributed by atoms with Crippen LogP contribution in [0, 0.1) is 0 Å². The minimum Gasteiger partial charge on any atom is -0.356 e. The van der Waals surface area contributed by atoms with Crippen LogP contribution in [0.4, 0.5) is 5.82 Å². The summed E-state index contributed by atoms with van der Waals surface area (Å²) in [6, 6.07) is 5.75. The Morgan fingerprint density at radius 2 is 2.20 bits per heavy atom. The summed E-state index contributed by atoms with van der Waals surface area (Å²) in [6.45, 7) is 5.41. The Morgan fingerprint density at radius 1 is 1.45 bits per heavy atom. The lowest BCUT2D eigenvalue weighted by Gasteiger charge is -2.26. The largest absolute Gasteiger partial charge is 0.356 e. The summed E-state index contributed by atoms with van der Waals surface area (Å²) in [5.41, 5.74) is 2.56. The zero-order chi connectivity index (χ0) is 14.5. The second-order valence-electron chi connectivity index (χ2n) is 5.75. The van der Waals surface area contributed by atoms with Gasteiger partial charge in [0.05, 0.1) is 0 Å². The molecule has 4 heteroatoms. The van der Waals surface area contributed by atoms with Crippen molar-refractivity contribution in [3.63, 3.8) is 0 Å². The molecule has 1 aromatic heterocycles. The molecule has 1 aromatic rings. The Hall–Kier alpha value is -0.740. The summed E-state index contributed by atoms with van der Waals surface area (Å²) >= 11 is 1.89. The van der Waals surface area contributed by atoms with Crippen LogP contribution in [0.25, 0.3) is 0 Å². The van der Waals surface area contributed by atoms with E-state index in [1.54, 1.807) is 0 Å². The van der Waals surface area contributed by atoms with E-state index in [2.05, 4.69) is 49.5 Å². The van der Waals surface area contributed by atoms with E-state index in [-0.39, 0.29) is 0 Å². The van der Waals surface area contributed by atoms with Crippen LogP contribution in [0.3, 0.4) is 0 Å². The highest BCUT2D eigenvalue weighted by atomic mass is 32.2. The van der Waals surface area contributed by atoms with Crippen molar-refractivity contribution in [2.75, 3.05) is 24.0 Å². The van der Waals surface area contributed by atoms with Gasteiger partial charge >= 0.3 is 0 Å². The summed E-state index contributed by atoms with van der Waals surface area (Å²) in [7, 11) is 2.15. The third-order valence-corrected chi connectivity index (χ3v) is 4.71. The minimum absolute atomic E-state index is 0.508. The zero-order valence-corrected chi connectivity index (χ0v) is 14.0. The molecule has 0 aliphatic heterocycles. The van der Waals surface area contributed by atoms with Gasteiger partial charge in [-0.3, -0.25) is 0 Å². The molecule has 2 rings (SSSR count). The van der Waals surface area contributed by atoms with Crippen LogP contribution in [0.2, 0.25) is 0 Å². The van der Waals surface area contributed by atoms with Gasteiger partial charge in [0.2, 0.25) is 0 Å². The third kappa shape index (κ3) is 4.38. The molecule has 1 aliphatic carbocycles. The fourth-order valence-electron chi connectivity index (χ4n) is 2.23. The number of hydrogen-bond donors (Lipinski definition) is 1. The first-order valence-corrected chi connectivity index (χ1v) is 8.98. The molecular weight excluding hydrogens is 266 g/mol. The predicted molar refractivity (Wildman–Crippen MR) is 89.7 cm³/mol. The maximum Gasteiger partial charge on any atom is 0.129 e. The van der Waals surface area contributed by atoms with Crippen LogP contribution in [0.5, 0.6) is 0 Å². The maximum atomic E-state index is 4.79. The first-order chi connectivity index (χ1) is 9.63. The summed E-state index contributed by atoms with van der Waals surface area (Å²) in [5, 5.41) is 3.59. The van der Waals surface area contributed by atoms with Crippen molar-refractivity contribution in [2.24, 2.45) is 0 Å². The summed E-state index contributed by atoms with van der Waals surface area (Å²) in [4.78, 5) is 7.09. The molecule has 1 atom stereocenters. The van der Waals surface area contributed by atoms with Crippen LogP contribution >= 0.6 is 11.8 Å². The number of aromatic nitrogens is 1. The zero-order valence-electron chi connectivity index (χ0n) is 13.1. The molecule has 1 N–H and O–H groups in total. The highest BCUT2D eigenvalue weighted by molar-refractivity contribution is 7.98. The van der Waals surface area contributed by atoms with Crippen LogP contribution in [-0.2, 0) is 13.0 Å². The molecule has 3 nitrogen and oxygen atoms in total. The monoisotopic (exact) mass is 293 g/mol. The maximum absolute atomic E-state index is 4.79. The topological polar surface area (TPSA) is 28.2 Å². The number of aryl methyl sites for hydroxylation is 1. The van der Waals surface area contributed by atoms with Crippen molar-refractivity contribution in [2.45, 2.75) is 51.7 Å². The average molecular weight is 293 g/mol. The van der Waals surface area contributed by atoms with Gasteiger partial charge in [-0.15, -0.1) is 0 Å². The lowest BCUT2D eigenvalue weighted by atomic mass is 10.1. The van der Waals surface area contributed by atoms with Crippen molar-refractivity contribution in [1.29, 1.82) is 0 Å². The molecule has 0 saturated heterocycles. The molecule has 0 bridgehead atoms. The van der Waals surface area contributed by atoms with Gasteiger partial charge in [-0.25, -0.2) is 4.98 Å². The van der Waals surface area contributed by atoms with Gasteiger partial charge in [0, 0.05) is 37.1 Å². The molecule has 0 aromatic carbocycles. The predicted octanol–water partition coefficient (Wildman–Crippen LogP) is 3.08. The Balaban J connectivity index is 2.10. The van der Waals surface area contributed by atoms with Gasteiger partial charge in [0.15, 0.2) is 0 Å². The lowest BCUT2D eigenvalue weighted by molar-refractivity contribution is 0.683. The number of anilines is 1. The highest BCUT2D eigenvalue weighted by Crippen LogP contribution is 2.21. The van der Waals surface area contributed by atoms with Gasteiger partial charge in [-0.05, 0) is 50.1 Å². The molecule has 0 radical (unpaired) electrons. The second-order valence-corrected chi connectivity index (χ2v) is 6.66. The van der Waals surface area contributed by atoms with E-state index < -0.39 is 0 Å². The van der Waals surface area contributed by atoms with Crippen molar-refractivity contribution >= 4 is 17.6 Å². The van der Waals surface area contributed by atoms with Gasteiger partial charge in [-0.2, -0.15) is 11.8 Å². The average Bonchev–Trinajstić information content (AvgIpc) is 3.28. The molecular formula is C16H27N3S. The van der Waals surface area contributed by atoms with Crippen molar-refractivity contribution in [1.82, 2.24) is 10.3 Å². The standard InChI is InChI=1S/C16H27N3S/c1-5-14-8-13(10-17-15-6-7-15)9-16(18-14)19(3)12(2)11-20-4/h8-9,12,15,17H,5-7,10-11H2,1-4H3. The molecule has 0 amide bonds. The first kappa shape index (κ1) is 15.6. The summed E-state index contributed by atoms with van der Waals surface area (Å²) in [5.74, 6) is 2.24. The van der Waals surface area contributed by atoms with Crippen molar-refractivity contribution in [3.8, 4) is 0 Å². The Morgan fingerprint density at radius 3 is 2.80 bits per heavy atom. The Bertz CT molecular complexity index is 432. The third-order valence-electron chi connectivity index (χ3n) is 3.89. The smallest absolute Gasteiger partial charge is 0.129 e. The van der Waals surface area contributed by atoms with Gasteiger partial charge in [0.25, 0.3) is 0 Å². The van der Waals surface area contributed by atoms with Crippen LogP contribution in [-0.4, -0.2) is 36.1 Å². The van der Waals surface area contributed by atoms with E-state index in [1.807, 2.05) is 11.8 Å². The Labute approximate surface area is 127 Å². The van der Waals surface area contributed by atoms with Crippen molar-refractivity contribution in [3.05, 3.63) is 23.4 Å². The van der Waals surface area contributed by atoms with Crippen LogP contribution in [0.1, 0.15) is 37.9 Å². The molecule has 20 heavy (non-hydrogen) atoms. The number of pyridine rings is 1.